The molecule has 2 rings (SSSR count). The number of aliphatic imine (C=N–C) groups is 1. The van der Waals surface area contributed by atoms with Gasteiger partial charge in [-0.1, -0.05) is 24.8 Å². The van der Waals surface area contributed by atoms with Crippen molar-refractivity contribution >= 4 is 16.9 Å². The summed E-state index contributed by atoms with van der Waals surface area (Å²) in [7, 11) is 0. The van der Waals surface area contributed by atoms with Crippen molar-refractivity contribution in [1.82, 2.24) is 10.3 Å². The molecule has 0 saturated carbocycles. The third-order valence-corrected chi connectivity index (χ3v) is 3.56. The van der Waals surface area contributed by atoms with E-state index in [2.05, 4.69) is 35.2 Å². The molecule has 1 aliphatic heterocycles. The summed E-state index contributed by atoms with van der Waals surface area (Å²) in [6, 6.07) is 4.53. The zero-order valence-electron chi connectivity index (χ0n) is 9.68. The second-order valence-corrected chi connectivity index (χ2v) is 5.62. The number of hydrogen-bond donors (Lipinski definition) is 1. The van der Waals surface area contributed by atoms with Gasteiger partial charge in [-0.2, -0.15) is 0 Å². The number of pyridine rings is 1. The normalized spacial score (nSPS) is 27.8. The molecule has 0 aromatic carbocycles. The van der Waals surface area contributed by atoms with Crippen molar-refractivity contribution in [3.63, 3.8) is 0 Å². The Morgan fingerprint density at radius 2 is 2.44 bits per heavy atom. The van der Waals surface area contributed by atoms with E-state index in [-0.39, 0.29) is 0 Å². The van der Waals surface area contributed by atoms with Crippen LogP contribution in [0.2, 0.25) is 0 Å². The molecule has 16 heavy (non-hydrogen) atoms. The van der Waals surface area contributed by atoms with Gasteiger partial charge in [0, 0.05) is 23.7 Å². The molecule has 0 bridgehead atoms. The smallest absolute Gasteiger partial charge is 0.157 e. The first-order valence-electron chi connectivity index (χ1n) is 5.60. The molecule has 2 atom stereocenters. The van der Waals surface area contributed by atoms with Crippen LogP contribution in [0, 0.1) is 0 Å². The van der Waals surface area contributed by atoms with Gasteiger partial charge in [-0.15, -0.1) is 0 Å². The monoisotopic (exact) mass is 235 g/mol. The molecule has 1 N–H and O–H groups in total. The van der Waals surface area contributed by atoms with Crippen molar-refractivity contribution in [2.45, 2.75) is 38.1 Å². The van der Waals surface area contributed by atoms with Gasteiger partial charge in [-0.05, 0) is 25.0 Å². The lowest BCUT2D eigenvalue weighted by Crippen LogP contribution is -2.38. The van der Waals surface area contributed by atoms with E-state index in [4.69, 9.17) is 0 Å². The molecule has 2 heterocycles. The van der Waals surface area contributed by atoms with Crippen LogP contribution in [0.15, 0.2) is 29.5 Å². The lowest BCUT2D eigenvalue weighted by atomic mass is 10.2. The number of amidine groups is 1. The van der Waals surface area contributed by atoms with Crippen LogP contribution in [-0.2, 0) is 6.54 Å². The van der Waals surface area contributed by atoms with Gasteiger partial charge < -0.3 is 5.32 Å². The van der Waals surface area contributed by atoms with Gasteiger partial charge in [0.25, 0.3) is 0 Å². The van der Waals surface area contributed by atoms with Crippen LogP contribution < -0.4 is 5.32 Å². The third-order valence-electron chi connectivity index (χ3n) is 2.50. The van der Waals surface area contributed by atoms with Crippen LogP contribution in [0.5, 0.6) is 0 Å². The van der Waals surface area contributed by atoms with E-state index in [1.807, 2.05) is 24.0 Å². The minimum Gasteiger partial charge on any atom is -0.362 e. The highest BCUT2D eigenvalue weighted by Gasteiger charge is 2.19. The Bertz CT molecular complexity index is 352. The molecule has 0 aliphatic carbocycles. The third kappa shape index (κ3) is 3.23. The van der Waals surface area contributed by atoms with Crippen molar-refractivity contribution in [3.8, 4) is 0 Å². The molecule has 0 spiro atoms. The quantitative estimate of drug-likeness (QED) is 0.855. The SMILES string of the molecule is CC1CC(C)SC(=NCc2cccnc2)N1. The molecule has 3 nitrogen and oxygen atoms in total. The van der Waals surface area contributed by atoms with Crippen LogP contribution in [0.25, 0.3) is 0 Å². The Labute approximate surface area is 101 Å². The molecule has 1 saturated heterocycles. The second kappa shape index (κ2) is 5.34. The first-order chi connectivity index (χ1) is 7.74. The Morgan fingerprint density at radius 1 is 1.56 bits per heavy atom. The van der Waals surface area contributed by atoms with Gasteiger partial charge >= 0.3 is 0 Å². The summed E-state index contributed by atoms with van der Waals surface area (Å²) < 4.78 is 0. The molecule has 1 aromatic heterocycles. The standard InChI is InChI=1S/C12H17N3S/c1-9-6-10(2)16-12(15-9)14-8-11-4-3-5-13-7-11/h3-5,7,9-10H,6,8H2,1-2H3,(H,14,15). The van der Waals surface area contributed by atoms with E-state index >= 15 is 0 Å². The second-order valence-electron chi connectivity index (χ2n) is 4.19. The summed E-state index contributed by atoms with van der Waals surface area (Å²) in [5.41, 5.74) is 1.16. The van der Waals surface area contributed by atoms with Crippen LogP contribution in [0.3, 0.4) is 0 Å². The molecule has 1 aromatic rings. The zero-order valence-corrected chi connectivity index (χ0v) is 10.5. The zero-order chi connectivity index (χ0) is 11.4. The summed E-state index contributed by atoms with van der Waals surface area (Å²) in [5, 5.41) is 5.13. The van der Waals surface area contributed by atoms with E-state index < -0.39 is 0 Å². The molecule has 1 aliphatic rings. The van der Waals surface area contributed by atoms with Gasteiger partial charge in [0.05, 0.1) is 6.54 Å². The molecule has 86 valence electrons. The van der Waals surface area contributed by atoms with E-state index in [9.17, 15) is 0 Å². The number of nitrogens with one attached hydrogen (secondary N) is 1. The Morgan fingerprint density at radius 3 is 3.12 bits per heavy atom. The number of hydrogen-bond acceptors (Lipinski definition) is 3. The molecule has 1 fully saturated rings. The maximum atomic E-state index is 4.58. The largest absolute Gasteiger partial charge is 0.362 e. The van der Waals surface area contributed by atoms with E-state index in [0.29, 0.717) is 17.8 Å². The maximum Gasteiger partial charge on any atom is 0.157 e. The summed E-state index contributed by atoms with van der Waals surface area (Å²) in [6.07, 6.45) is 4.86. The first kappa shape index (κ1) is 11.5. The Kier molecular flexibility index (Phi) is 3.83. The van der Waals surface area contributed by atoms with Crippen molar-refractivity contribution < 1.29 is 0 Å². The van der Waals surface area contributed by atoms with Gasteiger partial charge in [0.2, 0.25) is 0 Å². The highest BCUT2D eigenvalue weighted by Crippen LogP contribution is 2.22. The minimum atomic E-state index is 0.531. The lowest BCUT2D eigenvalue weighted by Gasteiger charge is -2.26. The van der Waals surface area contributed by atoms with E-state index in [0.717, 1.165) is 10.7 Å². The van der Waals surface area contributed by atoms with Gasteiger partial charge in [0.15, 0.2) is 5.17 Å². The summed E-state index contributed by atoms with van der Waals surface area (Å²) in [5.74, 6) is 0. The lowest BCUT2D eigenvalue weighted by molar-refractivity contribution is 0.597. The molecular formula is C12H17N3S. The number of aromatic nitrogens is 1. The van der Waals surface area contributed by atoms with Crippen LogP contribution in [0.4, 0.5) is 0 Å². The van der Waals surface area contributed by atoms with Gasteiger partial charge in [0.1, 0.15) is 0 Å². The Balaban J connectivity index is 1.97. The van der Waals surface area contributed by atoms with Crippen molar-refractivity contribution in [2.24, 2.45) is 4.99 Å². The average molecular weight is 235 g/mol. The van der Waals surface area contributed by atoms with Crippen molar-refractivity contribution in [2.75, 3.05) is 0 Å². The average Bonchev–Trinajstić information content (AvgIpc) is 2.27. The maximum absolute atomic E-state index is 4.58. The summed E-state index contributed by atoms with van der Waals surface area (Å²) >= 11 is 1.83. The topological polar surface area (TPSA) is 37.3 Å². The fourth-order valence-corrected chi connectivity index (χ4v) is 2.95. The molecule has 0 amide bonds. The number of rotatable bonds is 2. The van der Waals surface area contributed by atoms with Crippen LogP contribution in [-0.4, -0.2) is 21.4 Å². The molecule has 2 unspecified atom stereocenters. The van der Waals surface area contributed by atoms with Crippen molar-refractivity contribution in [3.05, 3.63) is 30.1 Å². The van der Waals surface area contributed by atoms with Crippen molar-refractivity contribution in [1.29, 1.82) is 0 Å². The molecule has 0 radical (unpaired) electrons. The molecular weight excluding hydrogens is 218 g/mol. The predicted molar refractivity (Wildman–Crippen MR) is 69.6 cm³/mol. The van der Waals surface area contributed by atoms with E-state index in [1.165, 1.54) is 6.42 Å². The molecule has 4 heteroatoms. The first-order valence-corrected chi connectivity index (χ1v) is 6.48. The Hall–Kier alpha value is -1.03. The summed E-state index contributed by atoms with van der Waals surface area (Å²) in [4.78, 5) is 8.66. The van der Waals surface area contributed by atoms with Crippen LogP contribution in [0.1, 0.15) is 25.8 Å². The number of thioether (sulfide) groups is 1. The predicted octanol–water partition coefficient (Wildman–Crippen LogP) is 2.44. The number of nitrogens with zero attached hydrogens (tertiary/aromatic N) is 2. The minimum absolute atomic E-state index is 0.531. The highest BCUT2D eigenvalue weighted by molar-refractivity contribution is 8.14. The summed E-state index contributed by atoms with van der Waals surface area (Å²) in [6.45, 7) is 5.17. The van der Waals surface area contributed by atoms with Gasteiger partial charge in [-0.25, -0.2) is 0 Å². The van der Waals surface area contributed by atoms with Gasteiger partial charge in [-0.3, -0.25) is 9.98 Å². The van der Waals surface area contributed by atoms with E-state index in [1.54, 1.807) is 6.20 Å². The van der Waals surface area contributed by atoms with Crippen LogP contribution >= 0.6 is 11.8 Å². The highest BCUT2D eigenvalue weighted by atomic mass is 32.2. The fraction of sp³-hybridized carbons (Fsp3) is 0.500. The fourth-order valence-electron chi connectivity index (χ4n) is 1.78.